The van der Waals surface area contributed by atoms with Crippen LogP contribution in [0.3, 0.4) is 0 Å². The Bertz CT molecular complexity index is 988. The quantitative estimate of drug-likeness (QED) is 0.212. The molecule has 159 valence electrons. The van der Waals surface area contributed by atoms with Crippen molar-refractivity contribution in [3.05, 3.63) is 78.2 Å². The van der Waals surface area contributed by atoms with Crippen LogP contribution in [0, 0.1) is 6.07 Å². The topological polar surface area (TPSA) is 50.2 Å². The Labute approximate surface area is 192 Å². The second-order valence-corrected chi connectivity index (χ2v) is 7.63. The average Bonchev–Trinajstić information content (AvgIpc) is 2.74. The molecule has 1 heterocycles. The number of aromatic nitrogens is 1. The van der Waals surface area contributed by atoms with Crippen LogP contribution >= 0.6 is 0 Å². The van der Waals surface area contributed by atoms with E-state index in [1.165, 1.54) is 68.4 Å². The van der Waals surface area contributed by atoms with E-state index in [2.05, 4.69) is 47.4 Å². The first-order valence-electron chi connectivity index (χ1n) is 10.3. The Hall–Kier alpha value is -2.29. The first-order valence-corrected chi connectivity index (χ1v) is 10.3. The van der Waals surface area contributed by atoms with Crippen LogP contribution in [0.4, 0.5) is 0 Å². The zero-order valence-corrected chi connectivity index (χ0v) is 19.9. The Morgan fingerprint density at radius 2 is 1.77 bits per heavy atom. The molecule has 30 heavy (non-hydrogen) atoms. The summed E-state index contributed by atoms with van der Waals surface area (Å²) in [5, 5.41) is 10.9. The van der Waals surface area contributed by atoms with Gasteiger partial charge in [0.25, 0.3) is 0 Å². The first-order chi connectivity index (χ1) is 14.0. The molecule has 1 saturated carbocycles. The van der Waals surface area contributed by atoms with Crippen LogP contribution in [0.25, 0.3) is 22.0 Å². The van der Waals surface area contributed by atoms with Crippen LogP contribution in [0.2, 0.25) is 0 Å². The summed E-state index contributed by atoms with van der Waals surface area (Å²) in [6.45, 7) is 2.85. The number of pyridine rings is 1. The zero-order valence-electron chi connectivity index (χ0n) is 17.5. The van der Waals surface area contributed by atoms with E-state index in [0.29, 0.717) is 5.92 Å². The maximum absolute atomic E-state index is 10.0. The standard InChI is InChI=1S/C21H20N.C5H8O2.Ir/c1-2-8-16(9-3-1)20-15-18(21-12-6-7-13-22-21)14-17-10-4-5-11-19(17)20;1-4(6)3-5(2)7;/h4-7,10-13,15-16H,1-3,8-9H2;3,6H,1-2H3;/q-1;;/b;4-3-;. The summed E-state index contributed by atoms with van der Waals surface area (Å²) >= 11 is 0. The Morgan fingerprint density at radius 1 is 1.07 bits per heavy atom. The van der Waals surface area contributed by atoms with E-state index in [-0.39, 0.29) is 31.6 Å². The molecule has 0 amide bonds. The number of ketones is 1. The molecular formula is C26H28IrNO2-. The average molecular weight is 579 g/mol. The van der Waals surface area contributed by atoms with E-state index >= 15 is 0 Å². The second kappa shape index (κ2) is 11.8. The summed E-state index contributed by atoms with van der Waals surface area (Å²) in [6.07, 6.45) is 9.76. The summed E-state index contributed by atoms with van der Waals surface area (Å²) < 4.78 is 0. The van der Waals surface area contributed by atoms with Crippen LogP contribution in [0.15, 0.2) is 66.6 Å². The van der Waals surface area contributed by atoms with Gasteiger partial charge in [-0.25, -0.2) is 0 Å². The minimum atomic E-state index is -0.125. The van der Waals surface area contributed by atoms with Crippen molar-refractivity contribution in [2.24, 2.45) is 0 Å². The van der Waals surface area contributed by atoms with Gasteiger partial charge in [-0.1, -0.05) is 60.5 Å². The fourth-order valence-electron chi connectivity index (χ4n) is 3.96. The van der Waals surface area contributed by atoms with E-state index in [1.807, 2.05) is 18.3 Å². The molecule has 3 aromatic rings. The third kappa shape index (κ3) is 6.62. The van der Waals surface area contributed by atoms with Gasteiger partial charge in [0.2, 0.25) is 0 Å². The molecule has 0 atom stereocenters. The van der Waals surface area contributed by atoms with Crippen LogP contribution < -0.4 is 0 Å². The van der Waals surface area contributed by atoms with Gasteiger partial charge in [-0.3, -0.25) is 9.78 Å². The molecule has 0 spiro atoms. The van der Waals surface area contributed by atoms with E-state index in [1.54, 1.807) is 0 Å². The third-order valence-corrected chi connectivity index (χ3v) is 5.21. The minimum absolute atomic E-state index is 0. The number of rotatable bonds is 3. The van der Waals surface area contributed by atoms with Crippen LogP contribution in [0.1, 0.15) is 57.4 Å². The molecule has 1 aromatic heterocycles. The number of carbonyl (C=O) groups excluding carboxylic acids is 1. The predicted octanol–water partition coefficient (Wildman–Crippen LogP) is 6.78. The number of fused-ring (bicyclic) bond motifs is 1. The SMILES string of the molecule is CC(=O)/C=C(/C)O.[Ir].[c-]1c(-c2ccccn2)cc(C2CCCCC2)c2ccccc12. The van der Waals surface area contributed by atoms with Gasteiger partial charge in [-0.15, -0.1) is 29.1 Å². The van der Waals surface area contributed by atoms with Crippen molar-refractivity contribution in [3.8, 4) is 11.3 Å². The van der Waals surface area contributed by atoms with Crippen molar-refractivity contribution in [3.63, 3.8) is 0 Å². The molecule has 0 aliphatic heterocycles. The van der Waals surface area contributed by atoms with Gasteiger partial charge in [0.05, 0.1) is 5.76 Å². The molecule has 0 unspecified atom stereocenters. The molecule has 1 fully saturated rings. The van der Waals surface area contributed by atoms with Gasteiger partial charge >= 0.3 is 0 Å². The number of allylic oxidation sites excluding steroid dienone is 2. The summed E-state index contributed by atoms with van der Waals surface area (Å²) in [4.78, 5) is 14.5. The second-order valence-electron chi connectivity index (χ2n) is 7.63. The van der Waals surface area contributed by atoms with Crippen LogP contribution in [0.5, 0.6) is 0 Å². The smallest absolute Gasteiger partial charge is 0.155 e. The van der Waals surface area contributed by atoms with Gasteiger partial charge in [0, 0.05) is 38.1 Å². The number of aliphatic hydroxyl groups excluding tert-OH is 1. The predicted molar refractivity (Wildman–Crippen MR) is 119 cm³/mol. The number of hydrogen-bond donors (Lipinski definition) is 1. The molecule has 2 aromatic carbocycles. The third-order valence-electron chi connectivity index (χ3n) is 5.21. The number of hydrogen-bond acceptors (Lipinski definition) is 3. The molecule has 3 nitrogen and oxygen atoms in total. The summed E-state index contributed by atoms with van der Waals surface area (Å²) in [5.41, 5.74) is 3.64. The molecule has 1 N–H and O–H groups in total. The van der Waals surface area contributed by atoms with Gasteiger partial charge < -0.3 is 5.11 Å². The van der Waals surface area contributed by atoms with Crippen molar-refractivity contribution >= 4 is 16.6 Å². The van der Waals surface area contributed by atoms with Crippen LogP contribution in [-0.4, -0.2) is 15.9 Å². The van der Waals surface area contributed by atoms with Crippen molar-refractivity contribution in [1.29, 1.82) is 0 Å². The fraction of sp³-hybridized carbons (Fsp3) is 0.308. The molecule has 4 rings (SSSR count). The normalized spacial score (nSPS) is 14.4. The van der Waals surface area contributed by atoms with Crippen molar-refractivity contribution in [1.82, 2.24) is 4.98 Å². The number of nitrogens with zero attached hydrogens (tertiary/aromatic N) is 1. The summed E-state index contributed by atoms with van der Waals surface area (Å²) in [6, 6.07) is 20.6. The molecule has 1 radical (unpaired) electrons. The van der Waals surface area contributed by atoms with Gasteiger partial charge in [-0.05, 0) is 38.7 Å². The van der Waals surface area contributed by atoms with Gasteiger partial charge in [0.1, 0.15) is 0 Å². The minimum Gasteiger partial charge on any atom is -0.512 e. The van der Waals surface area contributed by atoms with Gasteiger partial charge in [0.15, 0.2) is 5.78 Å². The van der Waals surface area contributed by atoms with E-state index in [0.717, 1.165) is 11.3 Å². The number of aliphatic hydroxyl groups is 1. The van der Waals surface area contributed by atoms with Crippen molar-refractivity contribution in [2.75, 3.05) is 0 Å². The number of carbonyl (C=O) groups is 1. The fourth-order valence-corrected chi connectivity index (χ4v) is 3.96. The Morgan fingerprint density at radius 3 is 2.37 bits per heavy atom. The number of benzene rings is 2. The monoisotopic (exact) mass is 579 g/mol. The van der Waals surface area contributed by atoms with E-state index in [9.17, 15) is 4.79 Å². The van der Waals surface area contributed by atoms with E-state index < -0.39 is 0 Å². The maximum Gasteiger partial charge on any atom is 0.155 e. The van der Waals surface area contributed by atoms with Crippen molar-refractivity contribution < 1.29 is 30.0 Å². The van der Waals surface area contributed by atoms with Gasteiger partial charge in [-0.2, -0.15) is 0 Å². The molecule has 1 aliphatic carbocycles. The largest absolute Gasteiger partial charge is 0.512 e. The first kappa shape index (κ1) is 24.0. The zero-order chi connectivity index (χ0) is 20.6. The molecular weight excluding hydrogens is 551 g/mol. The molecule has 0 saturated heterocycles. The molecule has 1 aliphatic rings. The van der Waals surface area contributed by atoms with Crippen molar-refractivity contribution in [2.45, 2.75) is 51.9 Å². The van der Waals surface area contributed by atoms with E-state index in [4.69, 9.17) is 5.11 Å². The molecule has 0 bridgehead atoms. The summed E-state index contributed by atoms with van der Waals surface area (Å²) in [7, 11) is 0. The Kier molecular flexibility index (Phi) is 9.42. The molecule has 4 heteroatoms. The maximum atomic E-state index is 10.0. The summed E-state index contributed by atoms with van der Waals surface area (Å²) in [5.74, 6) is 0.628. The Balaban J connectivity index is 0.000000350. The van der Waals surface area contributed by atoms with Crippen LogP contribution in [-0.2, 0) is 24.9 Å².